The summed E-state index contributed by atoms with van der Waals surface area (Å²) in [6.07, 6.45) is 2.24. The molecule has 4 rings (SSSR count). The molecule has 29 heavy (non-hydrogen) atoms. The number of nitrogens with zero attached hydrogens (tertiary/aromatic N) is 2. The fourth-order valence-corrected chi connectivity index (χ4v) is 4.13. The topological polar surface area (TPSA) is 91.4 Å². The quantitative estimate of drug-likeness (QED) is 0.791. The maximum atomic E-state index is 11.4. The van der Waals surface area contributed by atoms with Crippen molar-refractivity contribution in [3.05, 3.63) is 64.2 Å². The molecule has 0 spiro atoms. The number of hydrogen-bond donors (Lipinski definition) is 2. The number of amides is 1. The van der Waals surface area contributed by atoms with Crippen molar-refractivity contribution in [1.82, 2.24) is 10.2 Å². The minimum atomic E-state index is -0.398. The van der Waals surface area contributed by atoms with E-state index in [1.807, 2.05) is 30.3 Å². The van der Waals surface area contributed by atoms with Crippen molar-refractivity contribution in [2.24, 2.45) is 11.7 Å². The third-order valence-electron chi connectivity index (χ3n) is 5.78. The molecule has 0 aliphatic carbocycles. The van der Waals surface area contributed by atoms with Gasteiger partial charge in [-0.25, -0.2) is 0 Å². The Morgan fingerprint density at radius 3 is 2.72 bits per heavy atom. The first-order chi connectivity index (χ1) is 14.1. The second kappa shape index (κ2) is 8.64. The second-order valence-electron chi connectivity index (χ2n) is 7.94. The standard InChI is InChI=1S/C23H26N4O2/c24-11-20-9-17(1-4-22(20)29-15-16-5-7-26-8-6-16)12-27-13-19-3-2-18(23(25)28)10-21(19)14-27/h1-4,9-10,16,26H,5-8,12-15H2,(H2,25,28). The fourth-order valence-electron chi connectivity index (χ4n) is 4.13. The summed E-state index contributed by atoms with van der Waals surface area (Å²) in [4.78, 5) is 13.7. The van der Waals surface area contributed by atoms with E-state index in [2.05, 4.69) is 16.3 Å². The average molecular weight is 390 g/mol. The Kier molecular flexibility index (Phi) is 5.79. The molecule has 2 heterocycles. The molecule has 1 amide bonds. The van der Waals surface area contributed by atoms with E-state index in [1.54, 1.807) is 6.07 Å². The molecule has 0 atom stereocenters. The highest BCUT2D eigenvalue weighted by Crippen LogP contribution is 2.27. The Hall–Kier alpha value is -2.88. The van der Waals surface area contributed by atoms with Crippen LogP contribution in [0.5, 0.6) is 5.75 Å². The first kappa shape index (κ1) is 19.4. The molecule has 0 saturated carbocycles. The molecule has 2 aromatic rings. The predicted octanol–water partition coefficient (Wildman–Crippen LogP) is 2.55. The fraction of sp³-hybridized carbons (Fsp3) is 0.391. The zero-order valence-electron chi connectivity index (χ0n) is 16.5. The average Bonchev–Trinajstić information content (AvgIpc) is 3.14. The molecule has 6 nitrogen and oxygen atoms in total. The van der Waals surface area contributed by atoms with E-state index >= 15 is 0 Å². The lowest BCUT2D eigenvalue weighted by molar-refractivity contribution is 0.1000. The predicted molar refractivity (Wildman–Crippen MR) is 110 cm³/mol. The van der Waals surface area contributed by atoms with Crippen molar-refractivity contribution < 1.29 is 9.53 Å². The summed E-state index contributed by atoms with van der Waals surface area (Å²) in [7, 11) is 0. The summed E-state index contributed by atoms with van der Waals surface area (Å²) >= 11 is 0. The number of hydrogen-bond acceptors (Lipinski definition) is 5. The Morgan fingerprint density at radius 2 is 1.97 bits per heavy atom. The summed E-state index contributed by atoms with van der Waals surface area (Å²) in [6, 6.07) is 13.8. The largest absolute Gasteiger partial charge is 0.492 e. The van der Waals surface area contributed by atoms with Crippen LogP contribution in [0.3, 0.4) is 0 Å². The SMILES string of the molecule is N#Cc1cc(CN2Cc3ccc(C(N)=O)cc3C2)ccc1OCC1CCNCC1. The molecule has 2 aromatic carbocycles. The van der Waals surface area contributed by atoms with Gasteiger partial charge in [-0.3, -0.25) is 9.69 Å². The van der Waals surface area contributed by atoms with Crippen LogP contribution in [0.25, 0.3) is 0 Å². The first-order valence-electron chi connectivity index (χ1n) is 10.1. The van der Waals surface area contributed by atoms with Gasteiger partial charge in [0.05, 0.1) is 12.2 Å². The Balaban J connectivity index is 1.39. The van der Waals surface area contributed by atoms with E-state index in [0.29, 0.717) is 29.4 Å². The number of rotatable bonds is 6. The molecule has 6 heteroatoms. The van der Waals surface area contributed by atoms with Gasteiger partial charge < -0.3 is 15.8 Å². The van der Waals surface area contributed by atoms with Gasteiger partial charge in [0.1, 0.15) is 11.8 Å². The number of nitriles is 1. The molecule has 0 unspecified atom stereocenters. The van der Waals surface area contributed by atoms with Gasteiger partial charge in [0.2, 0.25) is 5.91 Å². The van der Waals surface area contributed by atoms with Crippen LogP contribution < -0.4 is 15.8 Å². The van der Waals surface area contributed by atoms with E-state index in [1.165, 1.54) is 5.56 Å². The number of primary amides is 1. The lowest BCUT2D eigenvalue weighted by Crippen LogP contribution is -2.30. The van der Waals surface area contributed by atoms with Gasteiger partial charge in [-0.1, -0.05) is 12.1 Å². The van der Waals surface area contributed by atoms with Crippen LogP contribution in [0.4, 0.5) is 0 Å². The van der Waals surface area contributed by atoms with Gasteiger partial charge in [-0.05, 0) is 72.8 Å². The zero-order chi connectivity index (χ0) is 20.2. The lowest BCUT2D eigenvalue weighted by atomic mass is 9.99. The van der Waals surface area contributed by atoms with Crippen LogP contribution in [0.15, 0.2) is 36.4 Å². The highest BCUT2D eigenvalue weighted by Gasteiger charge is 2.21. The number of nitrogens with two attached hydrogens (primary N) is 1. The third-order valence-corrected chi connectivity index (χ3v) is 5.78. The number of nitrogens with one attached hydrogen (secondary N) is 1. The summed E-state index contributed by atoms with van der Waals surface area (Å²) in [6.45, 7) is 5.08. The minimum Gasteiger partial charge on any atom is -0.492 e. The molecule has 0 aromatic heterocycles. The minimum absolute atomic E-state index is 0.398. The molecule has 2 aliphatic rings. The number of carbonyl (C=O) groups is 1. The highest BCUT2D eigenvalue weighted by atomic mass is 16.5. The molecule has 2 aliphatic heterocycles. The first-order valence-corrected chi connectivity index (χ1v) is 10.1. The Labute approximate surface area is 171 Å². The van der Waals surface area contributed by atoms with E-state index in [9.17, 15) is 10.1 Å². The van der Waals surface area contributed by atoms with Crippen molar-refractivity contribution in [3.63, 3.8) is 0 Å². The molecule has 1 fully saturated rings. The zero-order valence-corrected chi connectivity index (χ0v) is 16.5. The molecule has 3 N–H and O–H groups in total. The molecular formula is C23H26N4O2. The molecule has 150 valence electrons. The number of fused-ring (bicyclic) bond motifs is 1. The third kappa shape index (κ3) is 4.58. The smallest absolute Gasteiger partial charge is 0.248 e. The van der Waals surface area contributed by atoms with Crippen molar-refractivity contribution in [2.75, 3.05) is 19.7 Å². The van der Waals surface area contributed by atoms with Crippen LogP contribution >= 0.6 is 0 Å². The van der Waals surface area contributed by atoms with Crippen LogP contribution in [-0.2, 0) is 19.6 Å². The normalized spacial score (nSPS) is 16.9. The molecule has 1 saturated heterocycles. The van der Waals surface area contributed by atoms with E-state index in [0.717, 1.165) is 56.7 Å². The summed E-state index contributed by atoms with van der Waals surface area (Å²) < 4.78 is 5.97. The second-order valence-corrected chi connectivity index (χ2v) is 7.94. The Bertz CT molecular complexity index is 944. The highest BCUT2D eigenvalue weighted by molar-refractivity contribution is 5.93. The van der Waals surface area contributed by atoms with Crippen LogP contribution in [0.2, 0.25) is 0 Å². The molecule has 0 radical (unpaired) electrons. The van der Waals surface area contributed by atoms with Crippen molar-refractivity contribution in [2.45, 2.75) is 32.5 Å². The van der Waals surface area contributed by atoms with Gasteiger partial charge in [0, 0.05) is 25.2 Å². The maximum Gasteiger partial charge on any atom is 0.248 e. The lowest BCUT2D eigenvalue weighted by Gasteiger charge is -2.23. The van der Waals surface area contributed by atoms with E-state index in [-0.39, 0.29) is 0 Å². The molecule has 0 bridgehead atoms. The van der Waals surface area contributed by atoms with Crippen LogP contribution in [0.1, 0.15) is 45.5 Å². The summed E-state index contributed by atoms with van der Waals surface area (Å²) in [5.74, 6) is 0.825. The number of piperidine rings is 1. The summed E-state index contributed by atoms with van der Waals surface area (Å²) in [5.41, 5.74) is 9.97. The number of ether oxygens (including phenoxy) is 1. The van der Waals surface area contributed by atoms with Gasteiger partial charge in [0.25, 0.3) is 0 Å². The van der Waals surface area contributed by atoms with Crippen molar-refractivity contribution in [3.8, 4) is 11.8 Å². The molecular weight excluding hydrogens is 364 g/mol. The number of carbonyl (C=O) groups excluding carboxylic acids is 1. The van der Waals surface area contributed by atoms with E-state index in [4.69, 9.17) is 10.5 Å². The Morgan fingerprint density at radius 1 is 1.17 bits per heavy atom. The summed E-state index contributed by atoms with van der Waals surface area (Å²) in [5, 5.41) is 12.9. The van der Waals surface area contributed by atoms with Gasteiger partial charge in [-0.15, -0.1) is 0 Å². The van der Waals surface area contributed by atoms with Gasteiger partial charge >= 0.3 is 0 Å². The van der Waals surface area contributed by atoms with Crippen molar-refractivity contribution >= 4 is 5.91 Å². The maximum absolute atomic E-state index is 11.4. The van der Waals surface area contributed by atoms with Crippen molar-refractivity contribution in [1.29, 1.82) is 5.26 Å². The van der Waals surface area contributed by atoms with Crippen LogP contribution in [-0.4, -0.2) is 30.5 Å². The number of benzene rings is 2. The van der Waals surface area contributed by atoms with E-state index < -0.39 is 5.91 Å². The van der Waals surface area contributed by atoms with Crippen LogP contribution in [0, 0.1) is 17.2 Å². The van der Waals surface area contributed by atoms with Gasteiger partial charge in [-0.2, -0.15) is 5.26 Å². The van der Waals surface area contributed by atoms with Gasteiger partial charge in [0.15, 0.2) is 0 Å². The monoisotopic (exact) mass is 390 g/mol.